The van der Waals surface area contributed by atoms with E-state index in [4.69, 9.17) is 0 Å². The molecule has 0 heterocycles. The average molecular weight is 426 g/mol. The van der Waals surface area contributed by atoms with Crippen molar-refractivity contribution >= 4 is 35.8 Å². The summed E-state index contributed by atoms with van der Waals surface area (Å²) in [6, 6.07) is 0.320. The first-order chi connectivity index (χ1) is 9.43. The number of halogens is 1. The zero-order valence-electron chi connectivity index (χ0n) is 15.5. The second-order valence-electron chi connectivity index (χ2n) is 7.87. The van der Waals surface area contributed by atoms with Gasteiger partial charge in [-0.1, -0.05) is 20.8 Å². The Morgan fingerprint density at radius 3 is 2.09 bits per heavy atom. The molecule has 0 aromatic rings. The molecule has 0 aromatic heterocycles. The van der Waals surface area contributed by atoms with Gasteiger partial charge in [0.2, 0.25) is 5.91 Å². The van der Waals surface area contributed by atoms with Gasteiger partial charge in [-0.05, 0) is 46.0 Å². The van der Waals surface area contributed by atoms with Gasteiger partial charge in [-0.2, -0.15) is 0 Å². The van der Waals surface area contributed by atoms with Gasteiger partial charge < -0.3 is 16.0 Å². The zero-order valence-corrected chi connectivity index (χ0v) is 17.8. The monoisotopic (exact) mass is 426 g/mol. The van der Waals surface area contributed by atoms with Crippen molar-refractivity contribution in [2.75, 3.05) is 13.6 Å². The fourth-order valence-electron chi connectivity index (χ4n) is 1.78. The van der Waals surface area contributed by atoms with Crippen LogP contribution in [0.5, 0.6) is 0 Å². The molecule has 0 spiro atoms. The van der Waals surface area contributed by atoms with Gasteiger partial charge in [0, 0.05) is 18.6 Å². The van der Waals surface area contributed by atoms with Crippen LogP contribution in [0.4, 0.5) is 0 Å². The number of carbonyl (C=O) groups is 1. The predicted molar refractivity (Wildman–Crippen MR) is 106 cm³/mol. The summed E-state index contributed by atoms with van der Waals surface area (Å²) in [4.78, 5) is 15.9. The summed E-state index contributed by atoms with van der Waals surface area (Å²) in [6.45, 7) is 15.0. The number of nitrogens with zero attached hydrogens (tertiary/aromatic N) is 1. The van der Waals surface area contributed by atoms with Crippen molar-refractivity contribution < 1.29 is 4.79 Å². The summed E-state index contributed by atoms with van der Waals surface area (Å²) in [5, 5.41) is 9.28. The minimum Gasteiger partial charge on any atom is -0.354 e. The van der Waals surface area contributed by atoms with Crippen LogP contribution < -0.4 is 16.0 Å². The number of nitrogens with one attached hydrogen (secondary N) is 3. The van der Waals surface area contributed by atoms with Gasteiger partial charge in [-0.3, -0.25) is 9.79 Å². The maximum atomic E-state index is 11.8. The van der Waals surface area contributed by atoms with Crippen molar-refractivity contribution in [2.45, 2.75) is 72.9 Å². The smallest absolute Gasteiger partial charge is 0.239 e. The van der Waals surface area contributed by atoms with Gasteiger partial charge in [-0.25, -0.2) is 0 Å². The minimum absolute atomic E-state index is 0. The minimum atomic E-state index is -0.213. The van der Waals surface area contributed by atoms with E-state index >= 15 is 0 Å². The quantitative estimate of drug-likeness (QED) is 0.360. The normalized spacial score (nSPS) is 13.9. The molecule has 0 aromatic carbocycles. The molecule has 0 saturated carbocycles. The number of guanidine groups is 1. The molecule has 1 unspecified atom stereocenters. The fourth-order valence-corrected chi connectivity index (χ4v) is 1.78. The molecular weight excluding hydrogens is 391 g/mol. The van der Waals surface area contributed by atoms with Gasteiger partial charge >= 0.3 is 0 Å². The number of amides is 1. The molecule has 0 fully saturated rings. The summed E-state index contributed by atoms with van der Waals surface area (Å²) >= 11 is 0. The molecule has 22 heavy (non-hydrogen) atoms. The van der Waals surface area contributed by atoms with Crippen LogP contribution in [0.1, 0.15) is 61.3 Å². The molecule has 0 saturated heterocycles. The number of carbonyl (C=O) groups excluding carboxylic acids is 1. The van der Waals surface area contributed by atoms with Crippen molar-refractivity contribution in [3.63, 3.8) is 0 Å². The third kappa shape index (κ3) is 14.4. The Bertz CT molecular complexity index is 356. The van der Waals surface area contributed by atoms with Crippen molar-refractivity contribution in [3.8, 4) is 0 Å². The van der Waals surface area contributed by atoms with Gasteiger partial charge in [0.15, 0.2) is 5.96 Å². The summed E-state index contributed by atoms with van der Waals surface area (Å²) in [5.41, 5.74) is 0.120. The van der Waals surface area contributed by atoms with E-state index in [0.29, 0.717) is 17.4 Å². The lowest BCUT2D eigenvalue weighted by Gasteiger charge is -2.24. The summed E-state index contributed by atoms with van der Waals surface area (Å²) in [7, 11) is 1.72. The van der Waals surface area contributed by atoms with Crippen LogP contribution in [-0.4, -0.2) is 37.0 Å². The van der Waals surface area contributed by atoms with Gasteiger partial charge in [0.25, 0.3) is 0 Å². The maximum Gasteiger partial charge on any atom is 0.239 e. The van der Waals surface area contributed by atoms with Crippen LogP contribution in [0, 0.1) is 5.41 Å². The first-order valence-electron chi connectivity index (χ1n) is 7.71. The third-order valence-corrected chi connectivity index (χ3v) is 2.86. The molecule has 0 rings (SSSR count). The highest BCUT2D eigenvalue weighted by molar-refractivity contribution is 14.0. The Hall–Kier alpha value is -0.530. The molecule has 5 nitrogen and oxygen atoms in total. The van der Waals surface area contributed by atoms with E-state index in [-0.39, 0.29) is 42.0 Å². The Morgan fingerprint density at radius 2 is 1.68 bits per heavy atom. The first-order valence-corrected chi connectivity index (χ1v) is 7.71. The molecule has 1 atom stereocenters. The summed E-state index contributed by atoms with van der Waals surface area (Å²) < 4.78 is 0. The van der Waals surface area contributed by atoms with E-state index in [1.807, 2.05) is 20.8 Å². The second kappa shape index (κ2) is 10.3. The van der Waals surface area contributed by atoms with E-state index in [9.17, 15) is 4.79 Å². The van der Waals surface area contributed by atoms with Gasteiger partial charge in [-0.15, -0.1) is 24.0 Å². The molecule has 0 bridgehead atoms. The third-order valence-electron chi connectivity index (χ3n) is 2.86. The average Bonchev–Trinajstić information content (AvgIpc) is 2.28. The van der Waals surface area contributed by atoms with Crippen LogP contribution in [0.2, 0.25) is 0 Å². The number of hydrogen-bond donors (Lipinski definition) is 3. The van der Waals surface area contributed by atoms with Crippen molar-refractivity contribution in [3.05, 3.63) is 0 Å². The van der Waals surface area contributed by atoms with Crippen LogP contribution in [-0.2, 0) is 4.79 Å². The number of hydrogen-bond acceptors (Lipinski definition) is 2. The van der Waals surface area contributed by atoms with Crippen molar-refractivity contribution in [2.24, 2.45) is 10.4 Å². The molecule has 0 aliphatic carbocycles. The topological polar surface area (TPSA) is 65.5 Å². The Kier molecular flexibility index (Phi) is 11.1. The highest BCUT2D eigenvalue weighted by Gasteiger charge is 2.15. The van der Waals surface area contributed by atoms with Crippen molar-refractivity contribution in [1.82, 2.24) is 16.0 Å². The highest BCUT2D eigenvalue weighted by atomic mass is 127. The van der Waals surface area contributed by atoms with E-state index in [1.54, 1.807) is 7.05 Å². The lowest BCUT2D eigenvalue weighted by molar-refractivity contribution is -0.121. The SMILES string of the molecule is CN=C(NCC(=O)NC(C)(C)C)NC(C)CCC(C)(C)C.I. The second-order valence-corrected chi connectivity index (χ2v) is 7.87. The van der Waals surface area contributed by atoms with Gasteiger partial charge in [0.1, 0.15) is 0 Å². The molecule has 0 aliphatic rings. The van der Waals surface area contributed by atoms with Crippen LogP contribution in [0.15, 0.2) is 4.99 Å². The summed E-state index contributed by atoms with van der Waals surface area (Å²) in [6.07, 6.45) is 2.21. The summed E-state index contributed by atoms with van der Waals surface area (Å²) in [5.74, 6) is 0.633. The highest BCUT2D eigenvalue weighted by Crippen LogP contribution is 2.21. The predicted octanol–water partition coefficient (Wildman–Crippen LogP) is 2.90. The van der Waals surface area contributed by atoms with E-state index in [2.05, 4.69) is 48.6 Å². The van der Waals surface area contributed by atoms with Crippen molar-refractivity contribution in [1.29, 1.82) is 0 Å². The van der Waals surface area contributed by atoms with E-state index in [0.717, 1.165) is 12.8 Å². The van der Waals surface area contributed by atoms with Gasteiger partial charge in [0.05, 0.1) is 6.54 Å². The largest absolute Gasteiger partial charge is 0.354 e. The Balaban J connectivity index is 0. The molecule has 1 amide bonds. The Morgan fingerprint density at radius 1 is 1.14 bits per heavy atom. The maximum absolute atomic E-state index is 11.8. The lowest BCUT2D eigenvalue weighted by atomic mass is 9.89. The first kappa shape index (κ1) is 23.7. The van der Waals surface area contributed by atoms with Crippen LogP contribution >= 0.6 is 24.0 Å². The number of aliphatic imine (C=N–C) groups is 1. The lowest BCUT2D eigenvalue weighted by Crippen LogP contribution is -2.49. The fraction of sp³-hybridized carbons (Fsp3) is 0.875. The molecular formula is C16H35IN4O. The number of rotatable bonds is 5. The Labute approximate surface area is 153 Å². The van der Waals surface area contributed by atoms with E-state index < -0.39 is 0 Å². The standard InChI is InChI=1S/C16H34N4O.HI/c1-12(9-10-15(2,3)4)19-14(17-8)18-11-13(21)20-16(5,6)7;/h12H,9-11H2,1-8H3,(H,20,21)(H2,17,18,19);1H. The zero-order chi connectivity index (χ0) is 16.7. The molecule has 6 heteroatoms. The van der Waals surface area contributed by atoms with Crippen LogP contribution in [0.25, 0.3) is 0 Å². The molecule has 0 aliphatic heterocycles. The molecule has 132 valence electrons. The molecule has 0 radical (unpaired) electrons. The van der Waals surface area contributed by atoms with E-state index in [1.165, 1.54) is 0 Å². The van der Waals surface area contributed by atoms with Crippen LogP contribution in [0.3, 0.4) is 0 Å². The molecule has 3 N–H and O–H groups in total.